The number of fused-ring (bicyclic) bond motifs is 1. The number of nitrogens with one attached hydrogen (secondary N) is 1. The molecule has 1 aliphatic rings. The molecule has 0 radical (unpaired) electrons. The van der Waals surface area contributed by atoms with Gasteiger partial charge in [0.15, 0.2) is 0 Å². The predicted octanol–water partition coefficient (Wildman–Crippen LogP) is 4.97. The molecule has 2 heteroatoms. The van der Waals surface area contributed by atoms with Gasteiger partial charge < -0.3 is 10.1 Å². The minimum absolute atomic E-state index is 0.809. The lowest BCUT2D eigenvalue weighted by molar-refractivity contribution is 0.309. The van der Waals surface area contributed by atoms with Crippen LogP contribution >= 0.6 is 0 Å². The van der Waals surface area contributed by atoms with E-state index in [1.807, 2.05) is 0 Å². The molecular weight excluding hydrogens is 270 g/mol. The Kier molecular flexibility index (Phi) is 4.99. The van der Waals surface area contributed by atoms with Crippen LogP contribution in [0.25, 0.3) is 0 Å². The average molecular weight is 295 g/mol. The van der Waals surface area contributed by atoms with E-state index in [9.17, 15) is 0 Å². The highest BCUT2D eigenvalue weighted by Gasteiger charge is 2.10. The van der Waals surface area contributed by atoms with E-state index in [4.69, 9.17) is 4.74 Å². The Balaban J connectivity index is 1.53. The van der Waals surface area contributed by atoms with Crippen molar-refractivity contribution in [3.8, 4) is 5.75 Å². The maximum Gasteiger partial charge on any atom is 0.119 e. The summed E-state index contributed by atoms with van der Waals surface area (Å²) in [5, 5.41) is 3.52. The molecule has 2 nitrogen and oxygen atoms in total. The van der Waals surface area contributed by atoms with Crippen LogP contribution in [0.1, 0.15) is 42.9 Å². The Hall–Kier alpha value is -1.96. The third-order valence-electron chi connectivity index (χ3n) is 4.29. The van der Waals surface area contributed by atoms with Gasteiger partial charge in [-0.3, -0.25) is 0 Å². The molecule has 0 unspecified atom stereocenters. The van der Waals surface area contributed by atoms with Crippen molar-refractivity contribution in [3.63, 3.8) is 0 Å². The van der Waals surface area contributed by atoms with Crippen molar-refractivity contribution in [2.75, 3.05) is 11.9 Å². The number of anilines is 1. The fraction of sp³-hybridized carbons (Fsp3) is 0.400. The number of aryl methyl sites for hydroxylation is 2. The smallest absolute Gasteiger partial charge is 0.119 e. The van der Waals surface area contributed by atoms with E-state index < -0.39 is 0 Å². The van der Waals surface area contributed by atoms with Gasteiger partial charge in [-0.1, -0.05) is 31.5 Å². The van der Waals surface area contributed by atoms with Crippen LogP contribution in [0, 0.1) is 0 Å². The lowest BCUT2D eigenvalue weighted by Gasteiger charge is -2.10. The zero-order valence-corrected chi connectivity index (χ0v) is 13.4. The standard InChI is InChI=1S/C20H25NO/c1-2-3-13-22-20-11-7-16(8-12-20)15-21-19-10-9-17-5-4-6-18(17)14-19/h7-12,14,21H,2-6,13,15H2,1H3. The predicted molar refractivity (Wildman–Crippen MR) is 92.6 cm³/mol. The molecule has 0 saturated heterocycles. The van der Waals surface area contributed by atoms with E-state index >= 15 is 0 Å². The summed E-state index contributed by atoms with van der Waals surface area (Å²) in [6.45, 7) is 3.84. The Morgan fingerprint density at radius 3 is 2.64 bits per heavy atom. The largest absolute Gasteiger partial charge is 0.494 e. The minimum atomic E-state index is 0.809. The molecular formula is C20H25NO. The molecule has 0 aliphatic heterocycles. The maximum atomic E-state index is 5.69. The van der Waals surface area contributed by atoms with E-state index in [0.717, 1.165) is 25.3 Å². The van der Waals surface area contributed by atoms with E-state index in [1.165, 1.54) is 48.1 Å². The normalized spacial score (nSPS) is 13.0. The first kappa shape index (κ1) is 15.0. The third-order valence-corrected chi connectivity index (χ3v) is 4.29. The topological polar surface area (TPSA) is 21.3 Å². The van der Waals surface area contributed by atoms with Crippen molar-refractivity contribution in [3.05, 3.63) is 59.2 Å². The fourth-order valence-corrected chi connectivity index (χ4v) is 2.92. The van der Waals surface area contributed by atoms with Gasteiger partial charge in [-0.2, -0.15) is 0 Å². The maximum absolute atomic E-state index is 5.69. The number of ether oxygens (including phenoxy) is 1. The molecule has 3 rings (SSSR count). The van der Waals surface area contributed by atoms with Crippen LogP contribution in [0.5, 0.6) is 5.75 Å². The minimum Gasteiger partial charge on any atom is -0.494 e. The molecule has 0 heterocycles. The van der Waals surface area contributed by atoms with E-state index in [0.29, 0.717) is 0 Å². The summed E-state index contributed by atoms with van der Waals surface area (Å²) in [5.41, 5.74) is 5.55. The average Bonchev–Trinajstić information content (AvgIpc) is 3.02. The fourth-order valence-electron chi connectivity index (χ4n) is 2.92. The number of rotatable bonds is 7. The molecule has 0 bridgehead atoms. The quantitative estimate of drug-likeness (QED) is 0.728. The van der Waals surface area contributed by atoms with Crippen LogP contribution in [0.2, 0.25) is 0 Å². The number of benzene rings is 2. The van der Waals surface area contributed by atoms with Crippen molar-refractivity contribution in [2.45, 2.75) is 45.6 Å². The first-order chi connectivity index (χ1) is 10.8. The lowest BCUT2D eigenvalue weighted by Crippen LogP contribution is -2.01. The second kappa shape index (κ2) is 7.35. The van der Waals surface area contributed by atoms with E-state index in [-0.39, 0.29) is 0 Å². The van der Waals surface area contributed by atoms with Crippen LogP contribution < -0.4 is 10.1 Å². The molecule has 0 fully saturated rings. The summed E-state index contributed by atoms with van der Waals surface area (Å²) in [6, 6.07) is 15.2. The van der Waals surface area contributed by atoms with Crippen LogP contribution in [0.4, 0.5) is 5.69 Å². The number of hydrogen-bond acceptors (Lipinski definition) is 2. The molecule has 0 saturated carbocycles. The van der Waals surface area contributed by atoms with Crippen molar-refractivity contribution >= 4 is 5.69 Å². The van der Waals surface area contributed by atoms with Gasteiger partial charge in [0.05, 0.1) is 6.61 Å². The molecule has 1 N–H and O–H groups in total. The summed E-state index contributed by atoms with van der Waals surface area (Å²) < 4.78 is 5.69. The van der Waals surface area contributed by atoms with Crippen molar-refractivity contribution in [1.29, 1.82) is 0 Å². The molecule has 2 aromatic carbocycles. The Morgan fingerprint density at radius 2 is 1.82 bits per heavy atom. The highest BCUT2D eigenvalue weighted by atomic mass is 16.5. The Bertz CT molecular complexity index is 604. The lowest BCUT2D eigenvalue weighted by atomic mass is 10.1. The van der Waals surface area contributed by atoms with Crippen molar-refractivity contribution in [2.24, 2.45) is 0 Å². The van der Waals surface area contributed by atoms with Gasteiger partial charge in [0.25, 0.3) is 0 Å². The second-order valence-corrected chi connectivity index (χ2v) is 6.04. The summed E-state index contributed by atoms with van der Waals surface area (Å²) in [7, 11) is 0. The Labute approximate surface area is 133 Å². The number of hydrogen-bond donors (Lipinski definition) is 1. The molecule has 0 atom stereocenters. The SMILES string of the molecule is CCCCOc1ccc(CNc2ccc3c(c2)CCC3)cc1. The van der Waals surface area contributed by atoms with Gasteiger partial charge in [-0.15, -0.1) is 0 Å². The monoisotopic (exact) mass is 295 g/mol. The van der Waals surface area contributed by atoms with Gasteiger partial charge in [-0.25, -0.2) is 0 Å². The summed E-state index contributed by atoms with van der Waals surface area (Å²) in [6.07, 6.45) is 6.06. The van der Waals surface area contributed by atoms with Crippen LogP contribution in [0.15, 0.2) is 42.5 Å². The third kappa shape index (κ3) is 3.82. The molecule has 0 spiro atoms. The first-order valence-electron chi connectivity index (χ1n) is 8.42. The van der Waals surface area contributed by atoms with Crippen molar-refractivity contribution in [1.82, 2.24) is 0 Å². The van der Waals surface area contributed by atoms with Crippen LogP contribution in [-0.4, -0.2) is 6.61 Å². The molecule has 22 heavy (non-hydrogen) atoms. The first-order valence-corrected chi connectivity index (χ1v) is 8.42. The van der Waals surface area contributed by atoms with Crippen LogP contribution in [-0.2, 0) is 19.4 Å². The molecule has 2 aromatic rings. The molecule has 116 valence electrons. The van der Waals surface area contributed by atoms with Crippen LogP contribution in [0.3, 0.4) is 0 Å². The molecule has 1 aliphatic carbocycles. The van der Waals surface area contributed by atoms with Gasteiger partial charge in [0.1, 0.15) is 5.75 Å². The zero-order valence-electron chi connectivity index (χ0n) is 13.4. The van der Waals surface area contributed by atoms with Gasteiger partial charge in [0, 0.05) is 12.2 Å². The number of unbranched alkanes of at least 4 members (excludes halogenated alkanes) is 1. The summed E-state index contributed by atoms with van der Waals surface area (Å²) in [5.74, 6) is 0.967. The van der Waals surface area contributed by atoms with Crippen molar-refractivity contribution < 1.29 is 4.74 Å². The highest BCUT2D eigenvalue weighted by molar-refractivity contribution is 5.50. The molecule has 0 aromatic heterocycles. The zero-order chi connectivity index (χ0) is 15.2. The Morgan fingerprint density at radius 1 is 1.00 bits per heavy atom. The summed E-state index contributed by atoms with van der Waals surface area (Å²) >= 11 is 0. The van der Waals surface area contributed by atoms with E-state index in [2.05, 4.69) is 54.7 Å². The van der Waals surface area contributed by atoms with Gasteiger partial charge >= 0.3 is 0 Å². The van der Waals surface area contributed by atoms with E-state index in [1.54, 1.807) is 0 Å². The summed E-state index contributed by atoms with van der Waals surface area (Å²) in [4.78, 5) is 0. The molecule has 0 amide bonds. The highest BCUT2D eigenvalue weighted by Crippen LogP contribution is 2.25. The van der Waals surface area contributed by atoms with Gasteiger partial charge in [0.2, 0.25) is 0 Å². The second-order valence-electron chi connectivity index (χ2n) is 6.04. The van der Waals surface area contributed by atoms with Gasteiger partial charge in [-0.05, 0) is 66.6 Å².